The maximum atomic E-state index is 14.2. The Morgan fingerprint density at radius 3 is 2.82 bits per heavy atom. The Balaban J connectivity index is 1.47. The van der Waals surface area contributed by atoms with E-state index in [1.165, 1.54) is 18.9 Å². The van der Waals surface area contributed by atoms with Crippen LogP contribution in [0, 0.1) is 12.7 Å². The number of nitrogen functional groups attached to an aromatic ring is 1. The molecule has 0 amide bonds. The summed E-state index contributed by atoms with van der Waals surface area (Å²) in [6.07, 6.45) is 7.27. The van der Waals surface area contributed by atoms with Crippen LogP contribution in [0.3, 0.4) is 0 Å². The minimum absolute atomic E-state index is 0.0398. The van der Waals surface area contributed by atoms with Gasteiger partial charge >= 0.3 is 0 Å². The molecule has 7 nitrogen and oxygen atoms in total. The average Bonchev–Trinajstić information content (AvgIpc) is 3.35. The van der Waals surface area contributed by atoms with E-state index in [1.807, 2.05) is 25.1 Å². The van der Waals surface area contributed by atoms with Crippen molar-refractivity contribution in [2.45, 2.75) is 38.5 Å². The molecular weight excluding hydrogens is 431 g/mol. The van der Waals surface area contributed by atoms with Gasteiger partial charge in [0.25, 0.3) is 0 Å². The number of likely N-dealkylation sites (tertiary alicyclic amines) is 1. The van der Waals surface area contributed by atoms with Gasteiger partial charge in [0.05, 0.1) is 17.1 Å². The van der Waals surface area contributed by atoms with E-state index < -0.39 is 0 Å². The fraction of sp³-hybridized carbons (Fsp3) is 0.385. The number of hydrogen-bond donors (Lipinski definition) is 1. The first kappa shape index (κ1) is 22.4. The van der Waals surface area contributed by atoms with Gasteiger partial charge in [-0.3, -0.25) is 9.88 Å². The fourth-order valence-corrected chi connectivity index (χ4v) is 5.08. The molecule has 5 rings (SSSR count). The molecule has 34 heavy (non-hydrogen) atoms. The highest BCUT2D eigenvalue weighted by atomic mass is 19.1. The first-order valence-electron chi connectivity index (χ1n) is 11.8. The van der Waals surface area contributed by atoms with Gasteiger partial charge < -0.3 is 10.6 Å². The number of pyridine rings is 1. The number of halogens is 1. The van der Waals surface area contributed by atoms with E-state index >= 15 is 0 Å². The van der Waals surface area contributed by atoms with Crippen LogP contribution in [0.25, 0.3) is 11.1 Å². The summed E-state index contributed by atoms with van der Waals surface area (Å²) in [4.78, 5) is 21.3. The van der Waals surface area contributed by atoms with Crippen molar-refractivity contribution in [3.63, 3.8) is 0 Å². The van der Waals surface area contributed by atoms with Crippen LogP contribution in [0.4, 0.5) is 10.3 Å². The molecule has 1 aromatic carbocycles. The summed E-state index contributed by atoms with van der Waals surface area (Å²) in [6, 6.07) is 8.75. The van der Waals surface area contributed by atoms with Gasteiger partial charge in [-0.25, -0.2) is 14.4 Å². The predicted molar refractivity (Wildman–Crippen MR) is 130 cm³/mol. The minimum atomic E-state index is -0.277. The first-order chi connectivity index (χ1) is 16.6. The molecule has 8 heteroatoms. The molecule has 1 unspecified atom stereocenters. The number of oxime groups is 1. The third kappa shape index (κ3) is 4.77. The van der Waals surface area contributed by atoms with Gasteiger partial charge in [0.15, 0.2) is 0 Å². The van der Waals surface area contributed by atoms with Gasteiger partial charge in [0.2, 0.25) is 5.95 Å². The van der Waals surface area contributed by atoms with Crippen LogP contribution in [-0.4, -0.2) is 51.8 Å². The van der Waals surface area contributed by atoms with Gasteiger partial charge in [-0.1, -0.05) is 17.3 Å². The van der Waals surface area contributed by atoms with E-state index in [9.17, 15) is 4.39 Å². The highest BCUT2D eigenvalue weighted by molar-refractivity contribution is 6.03. The van der Waals surface area contributed by atoms with E-state index in [-0.39, 0.29) is 17.7 Å². The Labute approximate surface area is 198 Å². The molecular formula is C26H29FN6O. The summed E-state index contributed by atoms with van der Waals surface area (Å²) in [5.74, 6) is 0.0103. The number of aromatic nitrogens is 3. The number of aryl methyl sites for hydroxylation is 1. The molecule has 2 N–H and O–H groups in total. The predicted octanol–water partition coefficient (Wildman–Crippen LogP) is 4.11. The van der Waals surface area contributed by atoms with E-state index in [0.29, 0.717) is 19.4 Å². The molecule has 2 aromatic heterocycles. The SMILES string of the molecule is Cc1nc(N)nc2c1/C(=N/OCCN1CCCC1)CC(c1ccc(F)cc1-c1cccnc1)C2. The summed E-state index contributed by atoms with van der Waals surface area (Å²) in [6.45, 7) is 5.58. The molecule has 1 aliphatic heterocycles. The lowest BCUT2D eigenvalue weighted by atomic mass is 9.78. The van der Waals surface area contributed by atoms with Crippen molar-refractivity contribution < 1.29 is 9.23 Å². The van der Waals surface area contributed by atoms with E-state index in [1.54, 1.807) is 18.5 Å². The second-order valence-corrected chi connectivity index (χ2v) is 8.99. The van der Waals surface area contributed by atoms with Crippen LogP contribution in [0.5, 0.6) is 0 Å². The maximum Gasteiger partial charge on any atom is 0.220 e. The zero-order valence-corrected chi connectivity index (χ0v) is 19.4. The quantitative estimate of drug-likeness (QED) is 0.440. The largest absolute Gasteiger partial charge is 0.394 e. The monoisotopic (exact) mass is 460 g/mol. The van der Waals surface area contributed by atoms with Gasteiger partial charge in [0.1, 0.15) is 12.4 Å². The van der Waals surface area contributed by atoms with E-state index in [2.05, 4.69) is 25.0 Å². The minimum Gasteiger partial charge on any atom is -0.394 e. The number of benzene rings is 1. The van der Waals surface area contributed by atoms with Crippen molar-refractivity contribution in [2.24, 2.45) is 5.16 Å². The molecule has 0 saturated carbocycles. The Morgan fingerprint density at radius 2 is 2.03 bits per heavy atom. The number of nitrogens with two attached hydrogens (primary N) is 1. The van der Waals surface area contributed by atoms with Crippen molar-refractivity contribution in [3.05, 3.63) is 71.1 Å². The Kier molecular flexibility index (Phi) is 6.49. The maximum absolute atomic E-state index is 14.2. The molecule has 1 atom stereocenters. The van der Waals surface area contributed by atoms with Gasteiger partial charge in [-0.05, 0) is 74.5 Å². The molecule has 0 spiro atoms. The van der Waals surface area contributed by atoms with E-state index in [4.69, 9.17) is 10.6 Å². The van der Waals surface area contributed by atoms with Crippen LogP contribution in [-0.2, 0) is 11.3 Å². The number of anilines is 1. The molecule has 0 radical (unpaired) electrons. The Hall–Kier alpha value is -3.39. The summed E-state index contributed by atoms with van der Waals surface area (Å²) in [7, 11) is 0. The van der Waals surface area contributed by atoms with Crippen molar-refractivity contribution in [1.29, 1.82) is 0 Å². The summed E-state index contributed by atoms with van der Waals surface area (Å²) in [5, 5.41) is 4.55. The third-order valence-electron chi connectivity index (χ3n) is 6.65. The fourth-order valence-electron chi connectivity index (χ4n) is 5.08. The number of hydrogen-bond acceptors (Lipinski definition) is 7. The highest BCUT2D eigenvalue weighted by Crippen LogP contribution is 2.38. The van der Waals surface area contributed by atoms with Crippen molar-refractivity contribution >= 4 is 11.7 Å². The second kappa shape index (κ2) is 9.85. The van der Waals surface area contributed by atoms with Crippen molar-refractivity contribution in [1.82, 2.24) is 19.9 Å². The first-order valence-corrected chi connectivity index (χ1v) is 11.8. The van der Waals surface area contributed by atoms with Gasteiger partial charge in [0, 0.05) is 36.5 Å². The zero-order chi connectivity index (χ0) is 23.5. The molecule has 1 saturated heterocycles. The number of rotatable bonds is 6. The van der Waals surface area contributed by atoms with Crippen LogP contribution in [0.2, 0.25) is 0 Å². The van der Waals surface area contributed by atoms with Crippen molar-refractivity contribution in [3.8, 4) is 11.1 Å². The summed E-state index contributed by atoms with van der Waals surface area (Å²) >= 11 is 0. The summed E-state index contributed by atoms with van der Waals surface area (Å²) in [5.41, 5.74) is 12.1. The van der Waals surface area contributed by atoms with Gasteiger partial charge in [-0.2, -0.15) is 0 Å². The van der Waals surface area contributed by atoms with Crippen LogP contribution in [0.15, 0.2) is 47.9 Å². The van der Waals surface area contributed by atoms with Crippen LogP contribution in [0.1, 0.15) is 47.7 Å². The lowest BCUT2D eigenvalue weighted by Crippen LogP contribution is -2.25. The topological polar surface area (TPSA) is 89.5 Å². The average molecular weight is 461 g/mol. The highest BCUT2D eigenvalue weighted by Gasteiger charge is 2.30. The molecule has 3 heterocycles. The summed E-state index contributed by atoms with van der Waals surface area (Å²) < 4.78 is 14.2. The van der Waals surface area contributed by atoms with Crippen molar-refractivity contribution in [2.75, 3.05) is 32.0 Å². The Morgan fingerprint density at radius 1 is 1.18 bits per heavy atom. The van der Waals surface area contributed by atoms with E-state index in [0.717, 1.165) is 59.0 Å². The molecule has 1 aliphatic carbocycles. The molecule has 2 aliphatic rings. The normalized spacial score (nSPS) is 19.4. The molecule has 3 aromatic rings. The number of nitrogens with zero attached hydrogens (tertiary/aromatic N) is 5. The standard InChI is InChI=1S/C26H29FN6O/c1-17-25-23(31-26(28)30-17)13-19(14-24(25)32-34-12-11-33-9-2-3-10-33)21-7-6-20(27)15-22(21)18-5-4-8-29-16-18/h4-8,15-16,19H,2-3,9-14H2,1H3,(H2,28,30,31)/b32-24+. The molecule has 0 bridgehead atoms. The van der Waals surface area contributed by atoms with Crippen LogP contribution < -0.4 is 5.73 Å². The number of fused-ring (bicyclic) bond motifs is 1. The third-order valence-corrected chi connectivity index (χ3v) is 6.65. The smallest absolute Gasteiger partial charge is 0.220 e. The molecule has 176 valence electrons. The lowest BCUT2D eigenvalue weighted by Gasteiger charge is -2.28. The molecule has 1 fully saturated rings. The van der Waals surface area contributed by atoms with Gasteiger partial charge in [-0.15, -0.1) is 0 Å². The zero-order valence-electron chi connectivity index (χ0n) is 19.4. The lowest BCUT2D eigenvalue weighted by molar-refractivity contribution is 0.118. The Bertz CT molecular complexity index is 1190. The van der Waals surface area contributed by atoms with Crippen LogP contribution >= 0.6 is 0 Å². The second-order valence-electron chi connectivity index (χ2n) is 8.99.